The maximum absolute atomic E-state index is 8.12. The molecule has 4 heterocycles. The number of rotatable bonds is 4. The quantitative estimate of drug-likeness (QED) is 0.229. The molecule has 0 unspecified atom stereocenters. The Labute approximate surface area is 264 Å². The summed E-state index contributed by atoms with van der Waals surface area (Å²) in [4.78, 5) is 45.8. The molecule has 0 aliphatic carbocycles. The first-order valence-corrected chi connectivity index (χ1v) is 14.9. The highest BCUT2D eigenvalue weighted by Crippen LogP contribution is 2.14. The summed E-state index contributed by atoms with van der Waals surface area (Å²) in [7, 11) is 0. The molecule has 4 aromatic heterocycles. The zero-order valence-corrected chi connectivity index (χ0v) is 28.9. The zero-order chi connectivity index (χ0) is 33.8. The van der Waals surface area contributed by atoms with E-state index in [1.807, 2.05) is 77.3 Å². The average molecular weight is 602 g/mol. The third-order valence-corrected chi connectivity index (χ3v) is 5.88. The van der Waals surface area contributed by atoms with Crippen molar-refractivity contribution in [3.63, 3.8) is 0 Å². The van der Waals surface area contributed by atoms with E-state index in [0.29, 0.717) is 23.7 Å². The highest BCUT2D eigenvalue weighted by Gasteiger charge is 2.04. The number of aromatic nitrogens is 7. The standard InChI is InChI=1S/2C9H14N2.C8H12N2.C8H11N.CO2/c2*1-6(2)9-10-7(3)5-8(4)11-9;1-6(2)8-4-9-5-10-7(8)3;1-7(2)8-5-3-4-6-9-8;2-1-3/h2*5-6H,1-4H3;4-6H,1-3H3;3-7H,1-2H3;. The van der Waals surface area contributed by atoms with Crippen molar-refractivity contribution in [2.75, 3.05) is 0 Å². The first-order valence-electron chi connectivity index (χ1n) is 14.9. The summed E-state index contributed by atoms with van der Waals surface area (Å²) in [5, 5.41) is 0. The van der Waals surface area contributed by atoms with Crippen LogP contribution in [0.1, 0.15) is 130 Å². The minimum absolute atomic E-state index is 0.250. The highest BCUT2D eigenvalue weighted by atomic mass is 16.2. The van der Waals surface area contributed by atoms with E-state index in [1.165, 1.54) is 5.56 Å². The summed E-state index contributed by atoms with van der Waals surface area (Å²) >= 11 is 0. The van der Waals surface area contributed by atoms with E-state index in [9.17, 15) is 0 Å². The molecule has 0 radical (unpaired) electrons. The smallest absolute Gasteiger partial charge is 0.261 e. The number of aryl methyl sites for hydroxylation is 5. The summed E-state index contributed by atoms with van der Waals surface area (Å²) in [5.74, 6) is 3.82. The van der Waals surface area contributed by atoms with Crippen molar-refractivity contribution in [1.82, 2.24) is 34.9 Å². The van der Waals surface area contributed by atoms with Crippen molar-refractivity contribution in [3.05, 3.63) is 100 Å². The van der Waals surface area contributed by atoms with Crippen molar-refractivity contribution in [1.29, 1.82) is 0 Å². The molecule has 0 saturated carbocycles. The Bertz CT molecular complexity index is 1300. The van der Waals surface area contributed by atoms with Gasteiger partial charge in [-0.1, -0.05) is 61.5 Å². The predicted molar refractivity (Wildman–Crippen MR) is 175 cm³/mol. The van der Waals surface area contributed by atoms with Gasteiger partial charge in [0.25, 0.3) is 0 Å². The van der Waals surface area contributed by atoms with Gasteiger partial charge in [-0.15, -0.1) is 0 Å². The minimum Gasteiger partial charge on any atom is -0.261 e. The van der Waals surface area contributed by atoms with Gasteiger partial charge in [-0.25, -0.2) is 29.9 Å². The largest absolute Gasteiger partial charge is 0.373 e. The Balaban J connectivity index is 0.000000545. The van der Waals surface area contributed by atoms with Crippen molar-refractivity contribution in [2.24, 2.45) is 0 Å². The summed E-state index contributed by atoms with van der Waals surface area (Å²) in [6.07, 6.45) is 5.55. The molecule has 0 aliphatic rings. The van der Waals surface area contributed by atoms with Gasteiger partial charge in [-0.3, -0.25) is 4.98 Å². The number of pyridine rings is 1. The van der Waals surface area contributed by atoms with Gasteiger partial charge in [0.05, 0.1) is 0 Å². The summed E-state index contributed by atoms with van der Waals surface area (Å²) in [6, 6.07) is 9.98. The lowest BCUT2D eigenvalue weighted by atomic mass is 10.0. The fourth-order valence-electron chi connectivity index (χ4n) is 3.71. The van der Waals surface area contributed by atoms with E-state index in [-0.39, 0.29) is 6.15 Å². The van der Waals surface area contributed by atoms with Gasteiger partial charge >= 0.3 is 6.15 Å². The van der Waals surface area contributed by atoms with Crippen molar-refractivity contribution in [2.45, 2.75) is 114 Å². The van der Waals surface area contributed by atoms with E-state index in [1.54, 1.807) is 6.33 Å². The van der Waals surface area contributed by atoms with Crippen LogP contribution in [-0.2, 0) is 9.59 Å². The van der Waals surface area contributed by atoms with Crippen LogP contribution in [0.3, 0.4) is 0 Å². The van der Waals surface area contributed by atoms with Crippen LogP contribution in [0, 0.1) is 34.6 Å². The molecule has 0 amide bonds. The molecule has 4 rings (SSSR count). The summed E-state index contributed by atoms with van der Waals surface area (Å²) < 4.78 is 0. The van der Waals surface area contributed by atoms with Crippen LogP contribution >= 0.6 is 0 Å². The van der Waals surface area contributed by atoms with E-state index in [0.717, 1.165) is 45.8 Å². The molecular formula is C35H51N7O2. The van der Waals surface area contributed by atoms with Crippen molar-refractivity contribution >= 4 is 6.15 Å². The third-order valence-electron chi connectivity index (χ3n) is 5.88. The third kappa shape index (κ3) is 17.0. The van der Waals surface area contributed by atoms with Gasteiger partial charge in [-0.05, 0) is 76.3 Å². The van der Waals surface area contributed by atoms with Crippen LogP contribution in [0.5, 0.6) is 0 Å². The Hall–Kier alpha value is -4.23. The van der Waals surface area contributed by atoms with E-state index < -0.39 is 0 Å². The van der Waals surface area contributed by atoms with Crippen molar-refractivity contribution in [3.8, 4) is 0 Å². The Morgan fingerprint density at radius 3 is 1.27 bits per heavy atom. The van der Waals surface area contributed by atoms with Crippen LogP contribution in [0.2, 0.25) is 0 Å². The Kier molecular flexibility index (Phi) is 19.4. The SMILES string of the molecule is CC(C)c1ccccn1.Cc1cc(C)nc(C(C)C)n1.Cc1cc(C)nc(C(C)C)n1.Cc1ncncc1C(C)C.O=C=O. The number of nitrogens with zero attached hydrogens (tertiary/aromatic N) is 7. The zero-order valence-electron chi connectivity index (χ0n) is 28.9. The van der Waals surface area contributed by atoms with Crippen LogP contribution in [-0.4, -0.2) is 41.0 Å². The first-order chi connectivity index (χ1) is 20.6. The lowest BCUT2D eigenvalue weighted by Gasteiger charge is -2.05. The van der Waals surface area contributed by atoms with E-state index in [4.69, 9.17) is 9.59 Å². The lowest BCUT2D eigenvalue weighted by molar-refractivity contribution is -0.191. The Morgan fingerprint density at radius 1 is 0.591 bits per heavy atom. The van der Waals surface area contributed by atoms with Gasteiger partial charge in [0.15, 0.2) is 0 Å². The molecule has 238 valence electrons. The molecule has 0 saturated heterocycles. The molecule has 0 aromatic carbocycles. The van der Waals surface area contributed by atoms with Gasteiger partial charge in [-0.2, -0.15) is 9.59 Å². The lowest BCUT2D eigenvalue weighted by Crippen LogP contribution is -2.00. The van der Waals surface area contributed by atoms with E-state index >= 15 is 0 Å². The van der Waals surface area contributed by atoms with Gasteiger partial charge in [0.2, 0.25) is 0 Å². The van der Waals surface area contributed by atoms with E-state index in [2.05, 4.69) is 90.3 Å². The normalized spacial score (nSPS) is 9.93. The molecular weight excluding hydrogens is 550 g/mol. The van der Waals surface area contributed by atoms with Crippen LogP contribution < -0.4 is 0 Å². The maximum atomic E-state index is 8.12. The molecule has 4 aromatic rings. The first kappa shape index (κ1) is 39.8. The molecule has 44 heavy (non-hydrogen) atoms. The fraction of sp³-hybridized carbons (Fsp3) is 0.486. The van der Waals surface area contributed by atoms with Crippen LogP contribution in [0.15, 0.2) is 49.1 Å². The maximum Gasteiger partial charge on any atom is 0.373 e. The molecule has 0 bridgehead atoms. The summed E-state index contributed by atoms with van der Waals surface area (Å²) in [5.41, 5.74) is 7.72. The number of hydrogen-bond acceptors (Lipinski definition) is 9. The average Bonchev–Trinajstić information content (AvgIpc) is 2.94. The monoisotopic (exact) mass is 601 g/mol. The van der Waals surface area contributed by atoms with Gasteiger partial charge in [0, 0.05) is 58.4 Å². The van der Waals surface area contributed by atoms with Crippen LogP contribution in [0.25, 0.3) is 0 Å². The topological polar surface area (TPSA) is 124 Å². The van der Waals surface area contributed by atoms with Crippen LogP contribution in [0.4, 0.5) is 0 Å². The second-order valence-corrected chi connectivity index (χ2v) is 11.5. The Morgan fingerprint density at radius 2 is 1.02 bits per heavy atom. The fourth-order valence-corrected chi connectivity index (χ4v) is 3.71. The van der Waals surface area contributed by atoms with Gasteiger partial charge in [0.1, 0.15) is 18.0 Å². The number of hydrogen-bond donors (Lipinski definition) is 0. The second-order valence-electron chi connectivity index (χ2n) is 11.5. The van der Waals surface area contributed by atoms with Crippen molar-refractivity contribution < 1.29 is 9.59 Å². The highest BCUT2D eigenvalue weighted by molar-refractivity contribution is 5.20. The molecule has 9 heteroatoms. The molecule has 0 spiro atoms. The summed E-state index contributed by atoms with van der Waals surface area (Å²) in [6.45, 7) is 27.0. The predicted octanol–water partition coefficient (Wildman–Crippen LogP) is 7.96. The molecule has 0 atom stereocenters. The molecule has 0 N–H and O–H groups in total. The molecule has 9 nitrogen and oxygen atoms in total. The second kappa shape index (κ2) is 21.5. The molecule has 0 fully saturated rings. The molecule has 0 aliphatic heterocycles. The number of carbonyl (C=O) groups excluding carboxylic acids is 2. The minimum atomic E-state index is 0.250. The van der Waals surface area contributed by atoms with Gasteiger partial charge < -0.3 is 0 Å².